The predicted octanol–water partition coefficient (Wildman–Crippen LogP) is 2.98. The predicted molar refractivity (Wildman–Crippen MR) is 98.4 cm³/mol. The molecule has 26 heavy (non-hydrogen) atoms. The summed E-state index contributed by atoms with van der Waals surface area (Å²) in [5.41, 5.74) is 0.936. The lowest BCUT2D eigenvalue weighted by molar-refractivity contribution is -0.143. The fourth-order valence-electron chi connectivity index (χ4n) is 2.54. The summed E-state index contributed by atoms with van der Waals surface area (Å²) in [4.78, 5) is 26.8. The zero-order chi connectivity index (χ0) is 19.1. The maximum atomic E-state index is 12.7. The van der Waals surface area contributed by atoms with Gasteiger partial charge in [-0.1, -0.05) is 26.0 Å². The van der Waals surface area contributed by atoms with Crippen molar-refractivity contribution in [2.75, 3.05) is 7.11 Å². The van der Waals surface area contributed by atoms with Crippen LogP contribution in [0.1, 0.15) is 32.1 Å². The summed E-state index contributed by atoms with van der Waals surface area (Å²) >= 11 is 0. The molecule has 1 heterocycles. The Morgan fingerprint density at radius 3 is 2.38 bits per heavy atom. The minimum absolute atomic E-state index is 0.0681. The number of nitrogens with zero attached hydrogens (tertiary/aromatic N) is 1. The third-order valence-corrected chi connectivity index (χ3v) is 4.15. The molecule has 0 bridgehead atoms. The van der Waals surface area contributed by atoms with Crippen molar-refractivity contribution in [1.29, 1.82) is 0 Å². The number of furan rings is 1. The van der Waals surface area contributed by atoms with Gasteiger partial charge in [0.15, 0.2) is 0 Å². The Kier molecular flexibility index (Phi) is 6.83. The molecule has 1 N–H and O–H groups in total. The smallest absolute Gasteiger partial charge is 0.242 e. The van der Waals surface area contributed by atoms with Gasteiger partial charge in [0.25, 0.3) is 0 Å². The Morgan fingerprint density at radius 1 is 1.15 bits per heavy atom. The van der Waals surface area contributed by atoms with Crippen molar-refractivity contribution < 1.29 is 18.7 Å². The molecule has 0 aliphatic heterocycles. The van der Waals surface area contributed by atoms with E-state index in [1.165, 1.54) is 0 Å². The van der Waals surface area contributed by atoms with Gasteiger partial charge in [-0.2, -0.15) is 0 Å². The van der Waals surface area contributed by atoms with Crippen LogP contribution in [-0.2, 0) is 22.7 Å². The van der Waals surface area contributed by atoms with Crippen molar-refractivity contribution in [2.24, 2.45) is 5.92 Å². The summed E-state index contributed by atoms with van der Waals surface area (Å²) in [7, 11) is 1.61. The molecule has 1 aromatic carbocycles. The minimum atomic E-state index is -0.595. The van der Waals surface area contributed by atoms with E-state index in [9.17, 15) is 9.59 Å². The topological polar surface area (TPSA) is 71.8 Å². The highest BCUT2D eigenvalue weighted by molar-refractivity contribution is 5.88. The number of hydrogen-bond donors (Lipinski definition) is 1. The van der Waals surface area contributed by atoms with Crippen LogP contribution in [0.15, 0.2) is 47.1 Å². The molecule has 0 spiro atoms. The van der Waals surface area contributed by atoms with Gasteiger partial charge in [0, 0.05) is 12.5 Å². The number of amides is 2. The van der Waals surface area contributed by atoms with Crippen LogP contribution in [0.25, 0.3) is 0 Å². The number of hydrogen-bond acceptors (Lipinski definition) is 4. The second kappa shape index (κ2) is 9.08. The highest BCUT2D eigenvalue weighted by atomic mass is 16.5. The largest absolute Gasteiger partial charge is 0.497 e. The van der Waals surface area contributed by atoms with E-state index < -0.39 is 6.04 Å². The zero-order valence-corrected chi connectivity index (χ0v) is 15.7. The van der Waals surface area contributed by atoms with Crippen molar-refractivity contribution in [3.63, 3.8) is 0 Å². The summed E-state index contributed by atoms with van der Waals surface area (Å²) in [6.07, 6.45) is 1.56. The van der Waals surface area contributed by atoms with Gasteiger partial charge in [0.05, 0.1) is 19.9 Å². The van der Waals surface area contributed by atoms with E-state index in [4.69, 9.17) is 9.15 Å². The molecule has 2 aromatic rings. The van der Waals surface area contributed by atoms with Gasteiger partial charge in [-0.05, 0) is 36.8 Å². The van der Waals surface area contributed by atoms with E-state index in [2.05, 4.69) is 5.32 Å². The number of rotatable bonds is 8. The fraction of sp³-hybridized carbons (Fsp3) is 0.400. The van der Waals surface area contributed by atoms with Crippen LogP contribution in [-0.4, -0.2) is 29.9 Å². The summed E-state index contributed by atoms with van der Waals surface area (Å²) in [6.45, 7) is 6.05. The van der Waals surface area contributed by atoms with Crippen molar-refractivity contribution in [3.8, 4) is 5.75 Å². The van der Waals surface area contributed by atoms with Crippen molar-refractivity contribution >= 4 is 11.8 Å². The monoisotopic (exact) mass is 358 g/mol. The minimum Gasteiger partial charge on any atom is -0.497 e. The Morgan fingerprint density at radius 2 is 1.85 bits per heavy atom. The Hall–Kier alpha value is -2.76. The molecule has 140 valence electrons. The summed E-state index contributed by atoms with van der Waals surface area (Å²) in [5.74, 6) is 0.932. The molecular weight excluding hydrogens is 332 g/mol. The van der Waals surface area contributed by atoms with Gasteiger partial charge in [0.1, 0.15) is 17.6 Å². The molecule has 0 radical (unpaired) electrons. The van der Waals surface area contributed by atoms with Crippen LogP contribution in [0.3, 0.4) is 0 Å². The van der Waals surface area contributed by atoms with E-state index >= 15 is 0 Å². The van der Waals surface area contributed by atoms with Gasteiger partial charge >= 0.3 is 0 Å². The Labute approximate surface area is 154 Å². The number of benzene rings is 1. The van der Waals surface area contributed by atoms with Crippen LogP contribution >= 0.6 is 0 Å². The van der Waals surface area contributed by atoms with Crippen molar-refractivity contribution in [1.82, 2.24) is 10.2 Å². The first-order chi connectivity index (χ1) is 12.4. The van der Waals surface area contributed by atoms with Crippen LogP contribution < -0.4 is 10.1 Å². The third kappa shape index (κ3) is 5.12. The molecule has 0 aliphatic carbocycles. The first-order valence-corrected chi connectivity index (χ1v) is 8.66. The fourth-order valence-corrected chi connectivity index (χ4v) is 2.54. The van der Waals surface area contributed by atoms with Crippen molar-refractivity contribution in [2.45, 2.75) is 39.9 Å². The number of nitrogens with one attached hydrogen (secondary N) is 1. The molecule has 0 saturated heterocycles. The highest BCUT2D eigenvalue weighted by Crippen LogP contribution is 2.16. The molecule has 0 saturated carbocycles. The maximum Gasteiger partial charge on any atom is 0.242 e. The molecule has 6 heteroatoms. The van der Waals surface area contributed by atoms with E-state index in [0.29, 0.717) is 18.8 Å². The average molecular weight is 358 g/mol. The number of methoxy groups -OCH3 is 1. The van der Waals surface area contributed by atoms with Gasteiger partial charge in [-0.3, -0.25) is 9.59 Å². The number of carbonyl (C=O) groups excluding carboxylic acids is 2. The van der Waals surface area contributed by atoms with Gasteiger partial charge < -0.3 is 19.4 Å². The van der Waals surface area contributed by atoms with Gasteiger partial charge in [0.2, 0.25) is 11.8 Å². The van der Waals surface area contributed by atoms with Crippen LogP contribution in [0, 0.1) is 5.92 Å². The number of carbonyl (C=O) groups is 2. The van der Waals surface area contributed by atoms with E-state index in [1.54, 1.807) is 37.3 Å². The molecule has 1 aromatic heterocycles. The quantitative estimate of drug-likeness (QED) is 0.787. The SMILES string of the molecule is COc1ccc(CN(C(=O)C(C)C)[C@H](C)C(=O)NCc2ccco2)cc1. The molecule has 6 nitrogen and oxygen atoms in total. The van der Waals surface area contributed by atoms with Gasteiger partial charge in [-0.15, -0.1) is 0 Å². The summed E-state index contributed by atoms with van der Waals surface area (Å²) < 4.78 is 10.4. The second-order valence-corrected chi connectivity index (χ2v) is 6.44. The molecular formula is C20H26N2O4. The maximum absolute atomic E-state index is 12.7. The summed E-state index contributed by atoms with van der Waals surface area (Å²) in [6, 6.07) is 10.4. The Balaban J connectivity index is 2.08. The van der Waals surface area contributed by atoms with Crippen LogP contribution in [0.2, 0.25) is 0 Å². The zero-order valence-electron chi connectivity index (χ0n) is 15.7. The molecule has 2 rings (SSSR count). The first-order valence-electron chi connectivity index (χ1n) is 8.66. The molecule has 0 aliphatic rings. The number of ether oxygens (including phenoxy) is 1. The standard InChI is InChI=1S/C20H26N2O4/c1-14(2)20(24)22(13-16-7-9-17(25-4)10-8-16)15(3)19(23)21-12-18-6-5-11-26-18/h5-11,14-15H,12-13H2,1-4H3,(H,21,23)/t15-/m1/s1. The molecule has 0 fully saturated rings. The lowest BCUT2D eigenvalue weighted by Gasteiger charge is -2.30. The molecule has 0 unspecified atom stereocenters. The second-order valence-electron chi connectivity index (χ2n) is 6.44. The Bertz CT molecular complexity index is 708. The molecule has 2 amide bonds. The van der Waals surface area contributed by atoms with Crippen LogP contribution in [0.5, 0.6) is 5.75 Å². The van der Waals surface area contributed by atoms with E-state index in [-0.39, 0.29) is 17.7 Å². The van der Waals surface area contributed by atoms with E-state index in [0.717, 1.165) is 11.3 Å². The molecule has 1 atom stereocenters. The van der Waals surface area contributed by atoms with E-state index in [1.807, 2.05) is 38.1 Å². The average Bonchev–Trinajstić information content (AvgIpc) is 3.17. The normalized spacial score (nSPS) is 11.9. The first kappa shape index (κ1) is 19.6. The lowest BCUT2D eigenvalue weighted by atomic mass is 10.1. The third-order valence-electron chi connectivity index (χ3n) is 4.15. The summed E-state index contributed by atoms with van der Waals surface area (Å²) in [5, 5.41) is 2.82. The van der Waals surface area contributed by atoms with Crippen LogP contribution in [0.4, 0.5) is 0 Å². The van der Waals surface area contributed by atoms with Crippen molar-refractivity contribution in [3.05, 3.63) is 54.0 Å². The van der Waals surface area contributed by atoms with Gasteiger partial charge in [-0.25, -0.2) is 0 Å². The highest BCUT2D eigenvalue weighted by Gasteiger charge is 2.27. The lowest BCUT2D eigenvalue weighted by Crippen LogP contribution is -2.48.